The van der Waals surface area contributed by atoms with Crippen molar-refractivity contribution in [3.63, 3.8) is 0 Å². The SMILES string of the molecule is Cc1ncoc1-c1nnc(SCCCN2C[C@H]3CC3(c3ccc(F)cc3)C2)n1C.Cl. The van der Waals surface area contributed by atoms with Gasteiger partial charge in [-0.2, -0.15) is 0 Å². The molecule has 2 atom stereocenters. The third kappa shape index (κ3) is 3.76. The van der Waals surface area contributed by atoms with Gasteiger partial charge in [-0.1, -0.05) is 23.9 Å². The third-order valence-corrected chi connectivity index (χ3v) is 7.38. The minimum atomic E-state index is -0.153. The highest BCUT2D eigenvalue weighted by Crippen LogP contribution is 2.58. The molecular weight excluding hydrogens is 425 g/mol. The molecule has 5 rings (SSSR count). The molecule has 0 radical (unpaired) electrons. The molecule has 2 aliphatic rings. The first-order valence-corrected chi connectivity index (χ1v) is 11.0. The molecule has 1 saturated carbocycles. The topological polar surface area (TPSA) is 60.0 Å². The Morgan fingerprint density at radius 3 is 2.80 bits per heavy atom. The van der Waals surface area contributed by atoms with Gasteiger partial charge in [0.1, 0.15) is 5.82 Å². The zero-order valence-corrected chi connectivity index (χ0v) is 18.7. The summed E-state index contributed by atoms with van der Waals surface area (Å²) in [6, 6.07) is 7.12. The van der Waals surface area contributed by atoms with Gasteiger partial charge in [-0.3, -0.25) is 0 Å². The largest absolute Gasteiger partial charge is 0.440 e. The maximum absolute atomic E-state index is 13.2. The van der Waals surface area contributed by atoms with Crippen LogP contribution in [0.2, 0.25) is 0 Å². The Kier molecular flexibility index (Phi) is 5.92. The Morgan fingerprint density at radius 1 is 1.27 bits per heavy atom. The van der Waals surface area contributed by atoms with Crippen LogP contribution in [0.1, 0.15) is 24.1 Å². The molecule has 3 aromatic rings. The van der Waals surface area contributed by atoms with Gasteiger partial charge >= 0.3 is 0 Å². The summed E-state index contributed by atoms with van der Waals surface area (Å²) in [6.45, 7) is 5.23. The van der Waals surface area contributed by atoms with E-state index in [4.69, 9.17) is 4.42 Å². The number of thioether (sulfide) groups is 1. The van der Waals surface area contributed by atoms with Gasteiger partial charge in [0, 0.05) is 31.3 Å². The number of piperidine rings is 1. The molecule has 3 heterocycles. The first kappa shape index (κ1) is 21.3. The van der Waals surface area contributed by atoms with Crippen LogP contribution in [0.5, 0.6) is 0 Å². The predicted molar refractivity (Wildman–Crippen MR) is 116 cm³/mol. The summed E-state index contributed by atoms with van der Waals surface area (Å²) in [7, 11) is 1.96. The van der Waals surface area contributed by atoms with E-state index in [9.17, 15) is 4.39 Å². The third-order valence-electron chi connectivity index (χ3n) is 6.27. The van der Waals surface area contributed by atoms with E-state index in [0.717, 1.165) is 48.6 Å². The number of nitrogens with zero attached hydrogens (tertiary/aromatic N) is 5. The van der Waals surface area contributed by atoms with Gasteiger partial charge in [-0.15, -0.1) is 22.6 Å². The van der Waals surface area contributed by atoms with Gasteiger partial charge in [0.05, 0.1) is 5.69 Å². The highest BCUT2D eigenvalue weighted by molar-refractivity contribution is 7.99. The zero-order chi connectivity index (χ0) is 20.0. The Morgan fingerprint density at radius 2 is 2.07 bits per heavy atom. The Labute approximate surface area is 185 Å². The molecule has 1 aliphatic heterocycles. The van der Waals surface area contributed by atoms with Crippen molar-refractivity contribution in [3.05, 3.63) is 47.7 Å². The molecule has 1 aromatic carbocycles. The lowest BCUT2D eigenvalue weighted by Crippen LogP contribution is -2.27. The van der Waals surface area contributed by atoms with Crippen LogP contribution in [0.25, 0.3) is 11.6 Å². The van der Waals surface area contributed by atoms with E-state index in [1.165, 1.54) is 18.4 Å². The molecule has 2 fully saturated rings. The molecule has 0 spiro atoms. The second kappa shape index (κ2) is 8.32. The van der Waals surface area contributed by atoms with Crippen molar-refractivity contribution in [3.8, 4) is 11.6 Å². The lowest BCUT2D eigenvalue weighted by Gasteiger charge is -2.21. The number of rotatable bonds is 7. The summed E-state index contributed by atoms with van der Waals surface area (Å²) in [4.78, 5) is 6.68. The normalized spacial score (nSPS) is 22.7. The van der Waals surface area contributed by atoms with Gasteiger partial charge < -0.3 is 13.9 Å². The lowest BCUT2D eigenvalue weighted by molar-refractivity contribution is 0.299. The summed E-state index contributed by atoms with van der Waals surface area (Å²) in [6.07, 6.45) is 3.78. The number of likely N-dealkylation sites (tertiary alicyclic amines) is 1. The van der Waals surface area contributed by atoms with Crippen LogP contribution in [-0.4, -0.2) is 50.0 Å². The van der Waals surface area contributed by atoms with Crippen LogP contribution in [0.3, 0.4) is 0 Å². The fourth-order valence-electron chi connectivity index (χ4n) is 4.59. The minimum Gasteiger partial charge on any atom is -0.440 e. The zero-order valence-electron chi connectivity index (χ0n) is 17.0. The van der Waals surface area contributed by atoms with E-state index in [-0.39, 0.29) is 23.6 Å². The van der Waals surface area contributed by atoms with Crippen molar-refractivity contribution in [1.29, 1.82) is 0 Å². The average Bonchev–Trinajstić information content (AvgIpc) is 3.02. The second-order valence-electron chi connectivity index (χ2n) is 8.13. The van der Waals surface area contributed by atoms with E-state index in [1.807, 2.05) is 30.7 Å². The fraction of sp³-hybridized carbons (Fsp3) is 0.476. The number of halogens is 2. The highest BCUT2D eigenvalue weighted by atomic mass is 35.5. The summed E-state index contributed by atoms with van der Waals surface area (Å²) in [5.41, 5.74) is 2.39. The van der Waals surface area contributed by atoms with Gasteiger partial charge in [0.15, 0.2) is 17.3 Å². The number of oxazole rings is 1. The Hall–Kier alpha value is -1.90. The molecular formula is C21H25ClFN5OS. The molecule has 0 bridgehead atoms. The number of fused-ring (bicyclic) bond motifs is 1. The number of aromatic nitrogens is 4. The van der Waals surface area contributed by atoms with Crippen LogP contribution in [0.4, 0.5) is 4.39 Å². The van der Waals surface area contributed by atoms with Gasteiger partial charge in [-0.05, 0) is 49.9 Å². The van der Waals surface area contributed by atoms with Crippen LogP contribution in [0, 0.1) is 18.7 Å². The molecule has 2 aromatic heterocycles. The smallest absolute Gasteiger partial charge is 0.202 e. The van der Waals surface area contributed by atoms with Crippen LogP contribution in [0.15, 0.2) is 40.2 Å². The second-order valence-corrected chi connectivity index (χ2v) is 9.20. The molecule has 0 N–H and O–H groups in total. The fourth-order valence-corrected chi connectivity index (χ4v) is 5.43. The van der Waals surface area contributed by atoms with E-state index >= 15 is 0 Å². The highest BCUT2D eigenvalue weighted by Gasteiger charge is 2.60. The molecule has 9 heteroatoms. The van der Waals surface area contributed by atoms with Crippen LogP contribution < -0.4 is 0 Å². The van der Waals surface area contributed by atoms with E-state index < -0.39 is 0 Å². The van der Waals surface area contributed by atoms with E-state index in [2.05, 4.69) is 20.1 Å². The molecule has 0 amide bonds. The number of hydrogen-bond acceptors (Lipinski definition) is 6. The first-order chi connectivity index (χ1) is 14.1. The van der Waals surface area contributed by atoms with Crippen LogP contribution in [-0.2, 0) is 12.5 Å². The number of benzene rings is 1. The molecule has 1 unspecified atom stereocenters. The van der Waals surface area contributed by atoms with Gasteiger partial charge in [0.25, 0.3) is 0 Å². The van der Waals surface area contributed by atoms with Crippen molar-refractivity contribution >= 4 is 24.2 Å². The summed E-state index contributed by atoms with van der Waals surface area (Å²) < 4.78 is 20.6. The Balaban J connectivity index is 0.00000218. The van der Waals surface area contributed by atoms with Crippen LogP contribution >= 0.6 is 24.2 Å². The molecule has 6 nitrogen and oxygen atoms in total. The number of hydrogen-bond donors (Lipinski definition) is 0. The monoisotopic (exact) mass is 449 g/mol. The van der Waals surface area contributed by atoms with Gasteiger partial charge in [0.2, 0.25) is 5.82 Å². The molecule has 1 aliphatic carbocycles. The maximum Gasteiger partial charge on any atom is 0.202 e. The van der Waals surface area contributed by atoms with E-state index in [0.29, 0.717) is 11.6 Å². The predicted octanol–water partition coefficient (Wildman–Crippen LogP) is 4.10. The quantitative estimate of drug-likeness (QED) is 0.400. The summed E-state index contributed by atoms with van der Waals surface area (Å²) in [5.74, 6) is 2.95. The van der Waals surface area contributed by atoms with E-state index in [1.54, 1.807) is 23.9 Å². The summed E-state index contributed by atoms with van der Waals surface area (Å²) in [5, 5.41) is 9.46. The van der Waals surface area contributed by atoms with Crippen molar-refractivity contribution in [2.45, 2.75) is 30.3 Å². The molecule has 1 saturated heterocycles. The molecule has 160 valence electrons. The van der Waals surface area contributed by atoms with Crippen molar-refractivity contribution in [1.82, 2.24) is 24.6 Å². The molecule has 30 heavy (non-hydrogen) atoms. The van der Waals surface area contributed by atoms with Crippen molar-refractivity contribution in [2.75, 3.05) is 25.4 Å². The van der Waals surface area contributed by atoms with Crippen molar-refractivity contribution in [2.24, 2.45) is 13.0 Å². The standard InChI is InChI=1S/C21H24FN5OS.ClH/c1-14-18(28-13-23-14)19-24-25-20(26(19)2)29-9-3-8-27-11-16-10-21(16,12-27)15-4-6-17(22)7-5-15;/h4-7,13,16H,3,8-12H2,1-2H3;1H/t16-,21?;/m1./s1. The summed E-state index contributed by atoms with van der Waals surface area (Å²) >= 11 is 1.72. The number of aryl methyl sites for hydroxylation is 1. The first-order valence-electron chi connectivity index (χ1n) is 9.98. The maximum atomic E-state index is 13.2. The van der Waals surface area contributed by atoms with Gasteiger partial charge in [-0.25, -0.2) is 9.37 Å². The Bertz CT molecular complexity index is 1020. The van der Waals surface area contributed by atoms with Crippen molar-refractivity contribution < 1.29 is 8.81 Å². The minimum absolute atomic E-state index is 0. The average molecular weight is 450 g/mol. The lowest BCUT2D eigenvalue weighted by atomic mass is 9.95.